The summed E-state index contributed by atoms with van der Waals surface area (Å²) in [5.74, 6) is 0.365. The van der Waals surface area contributed by atoms with Crippen molar-refractivity contribution in [1.29, 1.82) is 0 Å². The fourth-order valence-corrected chi connectivity index (χ4v) is 1.42. The van der Waals surface area contributed by atoms with Gasteiger partial charge in [0.1, 0.15) is 5.69 Å². The molecule has 0 saturated heterocycles. The maximum absolute atomic E-state index is 10.1. The van der Waals surface area contributed by atoms with Crippen LogP contribution in [-0.4, -0.2) is 11.2 Å². The van der Waals surface area contributed by atoms with Crippen molar-refractivity contribution in [2.24, 2.45) is 4.99 Å². The lowest BCUT2D eigenvalue weighted by molar-refractivity contribution is 0.432. The molecule has 1 aromatic heterocycles. The van der Waals surface area contributed by atoms with E-state index in [9.17, 15) is 4.79 Å². The van der Waals surface area contributed by atoms with Crippen LogP contribution >= 0.6 is 11.6 Å². The van der Waals surface area contributed by atoms with Crippen LogP contribution < -0.4 is 0 Å². The fraction of sp³-hybridized carbons (Fsp3) is 0. The molecule has 5 heteroatoms. The van der Waals surface area contributed by atoms with Gasteiger partial charge < -0.3 is 4.52 Å². The summed E-state index contributed by atoms with van der Waals surface area (Å²) in [5, 5.41) is 4.06. The first kappa shape index (κ1) is 9.65. The third-order valence-corrected chi connectivity index (χ3v) is 2.17. The Kier molecular flexibility index (Phi) is 2.63. The Balaban J connectivity index is 2.59. The summed E-state index contributed by atoms with van der Waals surface area (Å²) in [6.07, 6.45) is 2.77. The molecular weight excluding hydrogens is 216 g/mol. The molecule has 15 heavy (non-hydrogen) atoms. The van der Waals surface area contributed by atoms with Crippen LogP contribution in [0.15, 0.2) is 40.0 Å². The van der Waals surface area contributed by atoms with Crippen LogP contribution in [-0.2, 0) is 4.79 Å². The summed E-state index contributed by atoms with van der Waals surface area (Å²) < 4.78 is 4.98. The Morgan fingerprint density at radius 1 is 1.40 bits per heavy atom. The van der Waals surface area contributed by atoms with Gasteiger partial charge in [-0.25, -0.2) is 4.79 Å². The number of isocyanates is 1. The number of hydrogen-bond donors (Lipinski definition) is 0. The van der Waals surface area contributed by atoms with Gasteiger partial charge in [-0.05, 0) is 12.1 Å². The highest BCUT2D eigenvalue weighted by molar-refractivity contribution is 6.33. The highest BCUT2D eigenvalue weighted by atomic mass is 35.5. The highest BCUT2D eigenvalue weighted by Gasteiger charge is 2.12. The second-order valence-corrected chi connectivity index (χ2v) is 3.13. The Morgan fingerprint density at radius 3 is 2.93 bits per heavy atom. The Hall–Kier alpha value is -1.90. The van der Waals surface area contributed by atoms with Crippen LogP contribution in [0.4, 0.5) is 5.69 Å². The summed E-state index contributed by atoms with van der Waals surface area (Å²) in [5.41, 5.74) is 0.962. The van der Waals surface area contributed by atoms with Crippen molar-refractivity contribution in [2.75, 3.05) is 0 Å². The predicted molar refractivity (Wildman–Crippen MR) is 54.7 cm³/mol. The molecule has 0 radical (unpaired) electrons. The minimum Gasteiger partial charge on any atom is -0.354 e. The van der Waals surface area contributed by atoms with Crippen LogP contribution in [0, 0.1) is 0 Å². The first-order valence-electron chi connectivity index (χ1n) is 4.10. The van der Waals surface area contributed by atoms with Crippen molar-refractivity contribution in [3.8, 4) is 11.3 Å². The lowest BCUT2D eigenvalue weighted by Crippen LogP contribution is -1.75. The zero-order valence-corrected chi connectivity index (χ0v) is 8.23. The van der Waals surface area contributed by atoms with Gasteiger partial charge in [-0.1, -0.05) is 28.9 Å². The topological polar surface area (TPSA) is 55.5 Å². The lowest BCUT2D eigenvalue weighted by Gasteiger charge is -1.98. The number of nitrogens with zero attached hydrogens (tertiary/aromatic N) is 2. The van der Waals surface area contributed by atoms with Crippen LogP contribution in [0.25, 0.3) is 11.3 Å². The molecule has 0 unspecified atom stereocenters. The highest BCUT2D eigenvalue weighted by Crippen LogP contribution is 2.34. The maximum Gasteiger partial charge on any atom is 0.240 e. The molecule has 0 saturated carbocycles. The van der Waals surface area contributed by atoms with Gasteiger partial charge in [-0.2, -0.15) is 4.99 Å². The van der Waals surface area contributed by atoms with Crippen molar-refractivity contribution in [1.82, 2.24) is 5.16 Å². The third kappa shape index (κ3) is 1.81. The van der Waals surface area contributed by atoms with E-state index in [4.69, 9.17) is 16.1 Å². The Labute approximate surface area is 90.2 Å². The third-order valence-electron chi connectivity index (χ3n) is 1.84. The second-order valence-electron chi connectivity index (χ2n) is 2.72. The summed E-state index contributed by atoms with van der Waals surface area (Å²) in [6.45, 7) is 0. The summed E-state index contributed by atoms with van der Waals surface area (Å²) in [4.78, 5) is 13.6. The number of rotatable bonds is 2. The molecule has 0 N–H and O–H groups in total. The van der Waals surface area contributed by atoms with Gasteiger partial charge in [0.2, 0.25) is 6.08 Å². The van der Waals surface area contributed by atoms with Crippen LogP contribution in [0.1, 0.15) is 0 Å². The molecular formula is C10H5ClN2O2. The van der Waals surface area contributed by atoms with Gasteiger partial charge in [0, 0.05) is 5.56 Å². The minimum absolute atomic E-state index is 0.318. The van der Waals surface area contributed by atoms with Gasteiger partial charge in [0.25, 0.3) is 0 Å². The van der Waals surface area contributed by atoms with Gasteiger partial charge in [0.05, 0.1) is 11.2 Å². The molecule has 0 bridgehead atoms. The summed E-state index contributed by atoms with van der Waals surface area (Å²) >= 11 is 5.96. The molecule has 4 nitrogen and oxygen atoms in total. The summed E-state index contributed by atoms with van der Waals surface area (Å²) in [6, 6.07) is 7.07. The molecule has 0 amide bonds. The van der Waals surface area contributed by atoms with Crippen LogP contribution in [0.5, 0.6) is 0 Å². The molecule has 0 aliphatic heterocycles. The smallest absolute Gasteiger partial charge is 0.240 e. The SMILES string of the molecule is O=C=Nc1cnoc1-c1ccccc1Cl. The minimum atomic E-state index is 0.318. The molecule has 2 rings (SSSR count). The Bertz CT molecular complexity index is 530. The van der Waals surface area contributed by atoms with E-state index in [1.165, 1.54) is 12.3 Å². The molecule has 0 fully saturated rings. The number of carbonyl (C=O) groups excluding carboxylic acids is 1. The zero-order chi connectivity index (χ0) is 10.7. The van der Waals surface area contributed by atoms with E-state index in [-0.39, 0.29) is 0 Å². The second kappa shape index (κ2) is 4.09. The standard InChI is InChI=1S/C10H5ClN2O2/c11-8-4-2-1-3-7(8)10-9(12-6-14)5-13-15-10/h1-5H. The first-order chi connectivity index (χ1) is 7.33. The number of halogens is 1. The molecule has 0 atom stereocenters. The molecule has 1 heterocycles. The molecule has 0 spiro atoms. The average Bonchev–Trinajstić information content (AvgIpc) is 2.67. The fourth-order valence-electron chi connectivity index (χ4n) is 1.20. The number of aliphatic imine (C=N–C) groups is 1. The van der Waals surface area contributed by atoms with E-state index < -0.39 is 0 Å². The monoisotopic (exact) mass is 220 g/mol. The normalized spacial score (nSPS) is 9.67. The average molecular weight is 221 g/mol. The van der Waals surface area contributed by atoms with Crippen LogP contribution in [0.2, 0.25) is 5.02 Å². The number of hydrogen-bond acceptors (Lipinski definition) is 4. The molecule has 0 aliphatic rings. The van der Waals surface area contributed by atoms with E-state index in [1.807, 2.05) is 0 Å². The molecule has 1 aromatic carbocycles. The lowest BCUT2D eigenvalue weighted by atomic mass is 10.1. The van der Waals surface area contributed by atoms with Crippen LogP contribution in [0.3, 0.4) is 0 Å². The van der Waals surface area contributed by atoms with Gasteiger partial charge >= 0.3 is 0 Å². The van der Waals surface area contributed by atoms with Crippen molar-refractivity contribution in [2.45, 2.75) is 0 Å². The quantitative estimate of drug-likeness (QED) is 0.578. The predicted octanol–water partition coefficient (Wildman–Crippen LogP) is 2.96. The molecule has 2 aromatic rings. The van der Waals surface area contributed by atoms with Gasteiger partial charge in [-0.3, -0.25) is 0 Å². The van der Waals surface area contributed by atoms with E-state index in [0.29, 0.717) is 22.0 Å². The van der Waals surface area contributed by atoms with E-state index >= 15 is 0 Å². The van der Waals surface area contributed by atoms with Crippen molar-refractivity contribution >= 4 is 23.4 Å². The van der Waals surface area contributed by atoms with Crippen molar-refractivity contribution in [3.05, 3.63) is 35.5 Å². The first-order valence-corrected chi connectivity index (χ1v) is 4.48. The maximum atomic E-state index is 10.1. The van der Waals surface area contributed by atoms with E-state index in [0.717, 1.165) is 0 Å². The van der Waals surface area contributed by atoms with Crippen molar-refractivity contribution < 1.29 is 9.32 Å². The number of benzene rings is 1. The molecule has 0 aliphatic carbocycles. The van der Waals surface area contributed by atoms with Gasteiger partial charge in [0.15, 0.2) is 5.76 Å². The van der Waals surface area contributed by atoms with E-state index in [2.05, 4.69) is 10.1 Å². The van der Waals surface area contributed by atoms with E-state index in [1.54, 1.807) is 24.3 Å². The largest absolute Gasteiger partial charge is 0.354 e. The summed E-state index contributed by atoms with van der Waals surface area (Å²) in [7, 11) is 0. The molecule has 74 valence electrons. The Morgan fingerprint density at radius 2 is 2.20 bits per heavy atom. The number of aromatic nitrogens is 1. The van der Waals surface area contributed by atoms with Crippen molar-refractivity contribution in [3.63, 3.8) is 0 Å². The zero-order valence-electron chi connectivity index (χ0n) is 7.48. The van der Waals surface area contributed by atoms with Gasteiger partial charge in [-0.15, -0.1) is 0 Å².